The second kappa shape index (κ2) is 6.83. The Balaban J connectivity index is 2.14. The van der Waals surface area contributed by atoms with E-state index in [1.165, 1.54) is 12.1 Å². The van der Waals surface area contributed by atoms with Crippen molar-refractivity contribution in [1.29, 1.82) is 0 Å². The molecule has 0 spiro atoms. The molecule has 2 aromatic heterocycles. The summed E-state index contributed by atoms with van der Waals surface area (Å²) >= 11 is 0. The predicted molar refractivity (Wildman–Crippen MR) is 106 cm³/mol. The van der Waals surface area contributed by atoms with E-state index in [9.17, 15) is 9.18 Å². The van der Waals surface area contributed by atoms with Crippen LogP contribution in [0.25, 0.3) is 28.0 Å². The molecule has 0 radical (unpaired) electrons. The largest absolute Gasteiger partial charge is 0.315 e. The quantitative estimate of drug-likeness (QED) is 0.515. The zero-order valence-electron chi connectivity index (χ0n) is 15.3. The van der Waals surface area contributed by atoms with Crippen LogP contribution in [0.3, 0.4) is 0 Å². The summed E-state index contributed by atoms with van der Waals surface area (Å²) in [6.45, 7) is 4.19. The molecule has 1 unspecified atom stereocenters. The number of fused-ring (bicyclic) bond motifs is 1. The van der Waals surface area contributed by atoms with Gasteiger partial charge in [-0.2, -0.15) is 4.98 Å². The van der Waals surface area contributed by atoms with Crippen molar-refractivity contribution in [3.63, 3.8) is 0 Å². The van der Waals surface area contributed by atoms with Crippen molar-refractivity contribution in [2.75, 3.05) is 0 Å². The monoisotopic (exact) mass is 361 g/mol. The van der Waals surface area contributed by atoms with Crippen LogP contribution in [0.2, 0.25) is 0 Å². The Morgan fingerprint density at radius 2 is 1.78 bits per heavy atom. The highest BCUT2D eigenvalue weighted by molar-refractivity contribution is 5.86. The van der Waals surface area contributed by atoms with Crippen molar-refractivity contribution in [3.05, 3.63) is 83.2 Å². The first-order chi connectivity index (χ1) is 13.1. The minimum Gasteiger partial charge on any atom is -0.315 e. The van der Waals surface area contributed by atoms with Gasteiger partial charge >= 0.3 is 0 Å². The highest BCUT2D eigenvalue weighted by Gasteiger charge is 2.19. The minimum absolute atomic E-state index is 0.165. The summed E-state index contributed by atoms with van der Waals surface area (Å²) in [5.74, 6) is -0.294. The summed E-state index contributed by atoms with van der Waals surface area (Å²) in [5.41, 5.74) is 3.16. The van der Waals surface area contributed by atoms with Crippen LogP contribution in [0, 0.1) is 5.82 Å². The molecule has 0 aliphatic heterocycles. The summed E-state index contributed by atoms with van der Waals surface area (Å²) in [6.07, 6.45) is 2.50. The molecule has 0 bridgehead atoms. The number of benzene rings is 2. The van der Waals surface area contributed by atoms with Gasteiger partial charge in [-0.25, -0.2) is 4.39 Å². The molecule has 4 nitrogen and oxygen atoms in total. The van der Waals surface area contributed by atoms with Crippen LogP contribution in [-0.4, -0.2) is 14.1 Å². The van der Waals surface area contributed by atoms with Gasteiger partial charge in [0.15, 0.2) is 0 Å². The van der Waals surface area contributed by atoms with Gasteiger partial charge in [0.05, 0.1) is 11.1 Å². The maximum atomic E-state index is 13.5. The number of hydrogen-bond acceptors (Lipinski definition) is 2. The molecule has 4 aromatic rings. The second-order valence-electron chi connectivity index (χ2n) is 6.66. The first-order valence-corrected chi connectivity index (χ1v) is 9.04. The van der Waals surface area contributed by atoms with Gasteiger partial charge in [0.1, 0.15) is 17.8 Å². The van der Waals surface area contributed by atoms with E-state index in [4.69, 9.17) is 0 Å². The van der Waals surface area contributed by atoms with Crippen LogP contribution in [-0.2, 0) is 0 Å². The standard InChI is InChI=1S/C22H20FN3O/c1-3-15(2)25-14-24-21(27)19-13-20(16-7-5-4-6-8-16)26(22(19)25)18-11-9-17(23)10-12-18/h4-15H,3H2,1-2H3. The van der Waals surface area contributed by atoms with Gasteiger partial charge in [-0.3, -0.25) is 9.36 Å². The Morgan fingerprint density at radius 1 is 1.07 bits per heavy atom. The highest BCUT2D eigenvalue weighted by Crippen LogP contribution is 2.31. The molecule has 0 saturated carbocycles. The summed E-state index contributed by atoms with van der Waals surface area (Å²) < 4.78 is 17.6. The van der Waals surface area contributed by atoms with Gasteiger partial charge in [-0.05, 0) is 49.2 Å². The van der Waals surface area contributed by atoms with E-state index in [0.29, 0.717) is 5.39 Å². The third kappa shape index (κ3) is 2.95. The number of rotatable bonds is 4. The lowest BCUT2D eigenvalue weighted by Crippen LogP contribution is -2.16. The van der Waals surface area contributed by atoms with E-state index < -0.39 is 0 Å². The Hall–Kier alpha value is -3.21. The van der Waals surface area contributed by atoms with E-state index in [1.807, 2.05) is 45.5 Å². The molecule has 0 fully saturated rings. The van der Waals surface area contributed by atoms with Gasteiger partial charge in [0, 0.05) is 11.7 Å². The molecule has 0 amide bonds. The average molecular weight is 361 g/mol. The van der Waals surface area contributed by atoms with Gasteiger partial charge in [-0.15, -0.1) is 0 Å². The lowest BCUT2D eigenvalue weighted by atomic mass is 10.1. The molecule has 2 aromatic carbocycles. The summed E-state index contributed by atoms with van der Waals surface area (Å²) in [6, 6.07) is 18.2. The van der Waals surface area contributed by atoms with Crippen molar-refractivity contribution in [2.24, 2.45) is 0 Å². The highest BCUT2D eigenvalue weighted by atomic mass is 19.1. The van der Waals surface area contributed by atoms with Gasteiger partial charge < -0.3 is 4.57 Å². The van der Waals surface area contributed by atoms with Gasteiger partial charge in [0.2, 0.25) is 0 Å². The van der Waals surface area contributed by atoms with Gasteiger partial charge in [0.25, 0.3) is 5.56 Å². The summed E-state index contributed by atoms with van der Waals surface area (Å²) in [4.78, 5) is 16.6. The van der Waals surface area contributed by atoms with Crippen LogP contribution in [0.4, 0.5) is 4.39 Å². The number of halogens is 1. The van der Waals surface area contributed by atoms with Crippen molar-refractivity contribution >= 4 is 11.0 Å². The fourth-order valence-corrected chi connectivity index (χ4v) is 3.34. The van der Waals surface area contributed by atoms with Crippen molar-refractivity contribution in [2.45, 2.75) is 26.3 Å². The smallest absolute Gasteiger partial charge is 0.282 e. The Bertz CT molecular complexity index is 1140. The van der Waals surface area contributed by atoms with Crippen molar-refractivity contribution in [1.82, 2.24) is 14.1 Å². The normalized spacial score (nSPS) is 12.4. The fourth-order valence-electron chi connectivity index (χ4n) is 3.34. The maximum absolute atomic E-state index is 13.5. The predicted octanol–water partition coefficient (Wildman–Crippen LogP) is 4.96. The maximum Gasteiger partial charge on any atom is 0.282 e. The minimum atomic E-state index is -0.294. The van der Waals surface area contributed by atoms with Crippen LogP contribution in [0.15, 0.2) is 71.8 Å². The molecule has 136 valence electrons. The molecule has 0 N–H and O–H groups in total. The number of nitrogens with zero attached hydrogens (tertiary/aromatic N) is 3. The molecule has 0 saturated heterocycles. The Kier molecular flexibility index (Phi) is 4.36. The molecule has 0 aliphatic carbocycles. The van der Waals surface area contributed by atoms with E-state index in [-0.39, 0.29) is 17.4 Å². The zero-order chi connectivity index (χ0) is 19.0. The second-order valence-corrected chi connectivity index (χ2v) is 6.66. The lowest BCUT2D eigenvalue weighted by molar-refractivity contribution is 0.531. The molecule has 4 rings (SSSR count). The molecule has 1 atom stereocenters. The topological polar surface area (TPSA) is 39.8 Å². The molecule has 27 heavy (non-hydrogen) atoms. The molecule has 5 heteroatoms. The number of hydrogen-bond donors (Lipinski definition) is 0. The van der Waals surface area contributed by atoms with Gasteiger partial charge in [-0.1, -0.05) is 37.3 Å². The summed E-state index contributed by atoms with van der Waals surface area (Å²) in [7, 11) is 0. The molecule has 2 heterocycles. The first kappa shape index (κ1) is 17.2. The van der Waals surface area contributed by atoms with E-state index in [2.05, 4.69) is 18.8 Å². The SMILES string of the molecule is CCC(C)n1cnc(=O)c2cc(-c3ccccc3)n(-c3ccc(F)cc3)c21. The third-order valence-electron chi connectivity index (χ3n) is 4.97. The zero-order valence-corrected chi connectivity index (χ0v) is 15.3. The average Bonchev–Trinajstić information content (AvgIpc) is 3.10. The van der Waals surface area contributed by atoms with Crippen LogP contribution in [0.1, 0.15) is 26.3 Å². The van der Waals surface area contributed by atoms with Crippen LogP contribution in [0.5, 0.6) is 0 Å². The van der Waals surface area contributed by atoms with Crippen LogP contribution >= 0.6 is 0 Å². The van der Waals surface area contributed by atoms with E-state index >= 15 is 0 Å². The molecule has 0 aliphatic rings. The van der Waals surface area contributed by atoms with Crippen LogP contribution < -0.4 is 5.56 Å². The Morgan fingerprint density at radius 3 is 2.44 bits per heavy atom. The first-order valence-electron chi connectivity index (χ1n) is 9.04. The Labute approximate surface area is 156 Å². The summed E-state index contributed by atoms with van der Waals surface area (Å²) in [5, 5.41) is 0.556. The van der Waals surface area contributed by atoms with Crippen molar-refractivity contribution in [3.8, 4) is 16.9 Å². The number of aromatic nitrogens is 3. The van der Waals surface area contributed by atoms with E-state index in [0.717, 1.165) is 29.0 Å². The lowest BCUT2D eigenvalue weighted by Gasteiger charge is -2.19. The van der Waals surface area contributed by atoms with E-state index in [1.54, 1.807) is 18.5 Å². The fraction of sp³-hybridized carbons (Fsp3) is 0.182. The van der Waals surface area contributed by atoms with Crippen molar-refractivity contribution < 1.29 is 4.39 Å². The molecular formula is C22H20FN3O. The third-order valence-corrected chi connectivity index (χ3v) is 4.97. The molecular weight excluding hydrogens is 341 g/mol.